The molecule has 0 bridgehead atoms. The summed E-state index contributed by atoms with van der Waals surface area (Å²) in [6, 6.07) is 14.2. The van der Waals surface area contributed by atoms with Crippen molar-refractivity contribution in [3.05, 3.63) is 107 Å². The zero-order chi connectivity index (χ0) is 35.6. The Labute approximate surface area is 290 Å². The van der Waals surface area contributed by atoms with Gasteiger partial charge in [-0.25, -0.2) is 17.8 Å². The number of amides is 1. The molecule has 5 aromatic rings. The van der Waals surface area contributed by atoms with Crippen LogP contribution in [0.3, 0.4) is 0 Å². The van der Waals surface area contributed by atoms with E-state index in [1.54, 1.807) is 51.5 Å². The molecule has 3 aromatic heterocycles. The van der Waals surface area contributed by atoms with Crippen LogP contribution < -0.4 is 10.6 Å². The Bertz CT molecular complexity index is 2290. The lowest BCUT2D eigenvalue weighted by Crippen LogP contribution is -2.47. The quantitative estimate of drug-likeness (QED) is 0.197. The standard InChI is InChI=1S/C36H36FN9O3S/c1-24-14-32(37)31(17-26(24)7-8-30-21-39-34-33(6-5-9-46(30)34)42-29-19-40-41-20-29)35(47)43-28-16-25(15-27(18-28)36(2,3)23-38)22-44-10-12-45(13-11-44)50(4,48)49/h5-6,9,14-21,42H,10-13,22H2,1-4H3,(H,40,41)(H,43,47). The third-order valence-corrected chi connectivity index (χ3v) is 9.96. The first-order valence-electron chi connectivity index (χ1n) is 15.9. The van der Waals surface area contributed by atoms with Crippen LogP contribution in [0.5, 0.6) is 0 Å². The minimum Gasteiger partial charge on any atom is -0.350 e. The number of sulfonamides is 1. The number of fused-ring (bicyclic) bond motifs is 1. The molecule has 1 aliphatic heterocycles. The molecular weight excluding hydrogens is 658 g/mol. The Morgan fingerprint density at radius 1 is 1.08 bits per heavy atom. The van der Waals surface area contributed by atoms with Crippen LogP contribution in [0.25, 0.3) is 5.65 Å². The van der Waals surface area contributed by atoms with Crippen LogP contribution in [0, 0.1) is 35.9 Å². The average molecular weight is 694 g/mol. The van der Waals surface area contributed by atoms with Crippen molar-refractivity contribution in [3.63, 3.8) is 0 Å². The maximum atomic E-state index is 15.3. The lowest BCUT2D eigenvalue weighted by atomic mass is 9.85. The summed E-state index contributed by atoms with van der Waals surface area (Å²) in [5.74, 6) is 4.85. The molecule has 1 aliphatic rings. The summed E-state index contributed by atoms with van der Waals surface area (Å²) in [7, 11) is -3.27. The van der Waals surface area contributed by atoms with E-state index in [0.717, 1.165) is 16.9 Å². The molecule has 50 heavy (non-hydrogen) atoms. The van der Waals surface area contributed by atoms with E-state index in [1.165, 1.54) is 22.7 Å². The van der Waals surface area contributed by atoms with Gasteiger partial charge in [-0.15, -0.1) is 0 Å². The third-order valence-electron chi connectivity index (χ3n) is 8.66. The number of nitriles is 1. The van der Waals surface area contributed by atoms with Crippen LogP contribution in [0.4, 0.5) is 21.5 Å². The van der Waals surface area contributed by atoms with E-state index >= 15 is 4.39 Å². The maximum Gasteiger partial charge on any atom is 0.258 e. The molecule has 1 saturated heterocycles. The van der Waals surface area contributed by atoms with Crippen LogP contribution in [-0.2, 0) is 22.0 Å². The highest BCUT2D eigenvalue weighted by molar-refractivity contribution is 7.88. The number of hydrogen-bond donors (Lipinski definition) is 3. The van der Waals surface area contributed by atoms with Gasteiger partial charge >= 0.3 is 0 Å². The van der Waals surface area contributed by atoms with Crippen molar-refractivity contribution in [1.82, 2.24) is 28.8 Å². The summed E-state index contributed by atoms with van der Waals surface area (Å²) < 4.78 is 42.5. The molecule has 0 saturated carbocycles. The average Bonchev–Trinajstić information content (AvgIpc) is 3.74. The number of nitrogens with one attached hydrogen (secondary N) is 3. The van der Waals surface area contributed by atoms with Crippen molar-refractivity contribution in [2.45, 2.75) is 32.7 Å². The van der Waals surface area contributed by atoms with E-state index in [4.69, 9.17) is 0 Å². The Hall–Kier alpha value is -5.54. The van der Waals surface area contributed by atoms with Crippen molar-refractivity contribution in [1.29, 1.82) is 5.26 Å². The van der Waals surface area contributed by atoms with Gasteiger partial charge in [0.15, 0.2) is 5.65 Å². The molecule has 12 nitrogen and oxygen atoms in total. The van der Waals surface area contributed by atoms with Crippen molar-refractivity contribution in [3.8, 4) is 17.9 Å². The number of nitrogens with zero attached hydrogens (tertiary/aromatic N) is 6. The van der Waals surface area contributed by atoms with E-state index in [0.29, 0.717) is 66.4 Å². The highest BCUT2D eigenvalue weighted by Crippen LogP contribution is 2.29. The fourth-order valence-electron chi connectivity index (χ4n) is 5.75. The molecule has 1 amide bonds. The topological polar surface area (TPSA) is 152 Å². The third kappa shape index (κ3) is 7.53. The molecule has 3 N–H and O–H groups in total. The number of halogens is 1. The van der Waals surface area contributed by atoms with Gasteiger partial charge in [-0.1, -0.05) is 12.0 Å². The molecule has 2 aromatic carbocycles. The van der Waals surface area contributed by atoms with Gasteiger partial charge in [0.25, 0.3) is 5.91 Å². The normalized spacial score (nSPS) is 14.2. The fraction of sp³-hybridized carbons (Fsp3) is 0.278. The molecule has 6 rings (SSSR count). The minimum atomic E-state index is -3.27. The number of aryl methyl sites for hydroxylation is 1. The number of benzene rings is 2. The van der Waals surface area contributed by atoms with Crippen molar-refractivity contribution >= 4 is 38.6 Å². The highest BCUT2D eigenvalue weighted by atomic mass is 32.2. The van der Waals surface area contributed by atoms with Crippen LogP contribution in [0.2, 0.25) is 0 Å². The largest absolute Gasteiger partial charge is 0.350 e. The van der Waals surface area contributed by atoms with Gasteiger partial charge < -0.3 is 10.6 Å². The number of carbonyl (C=O) groups is 1. The molecule has 1 fully saturated rings. The first-order valence-corrected chi connectivity index (χ1v) is 17.7. The molecule has 0 radical (unpaired) electrons. The van der Waals surface area contributed by atoms with Crippen molar-refractivity contribution in [2.24, 2.45) is 0 Å². The Kier molecular flexibility index (Phi) is 9.45. The zero-order valence-corrected chi connectivity index (χ0v) is 28.9. The highest BCUT2D eigenvalue weighted by Gasteiger charge is 2.26. The number of H-pyrrole nitrogens is 1. The number of piperazine rings is 1. The minimum absolute atomic E-state index is 0.173. The molecule has 0 unspecified atom stereocenters. The first kappa shape index (κ1) is 34.3. The number of carbonyl (C=O) groups excluding carboxylic acids is 1. The SMILES string of the molecule is Cc1cc(F)c(C(=O)Nc2cc(CN3CCN(S(C)(=O)=O)CC3)cc(C(C)(C)C#N)c2)cc1C#Cc1cnc2c(Nc3cn[nH]c3)cccn12. The summed E-state index contributed by atoms with van der Waals surface area (Å²) in [6.45, 7) is 7.62. The van der Waals surface area contributed by atoms with E-state index in [-0.39, 0.29) is 5.56 Å². The van der Waals surface area contributed by atoms with Gasteiger partial charge in [-0.3, -0.25) is 19.2 Å². The predicted octanol–water partition coefficient (Wildman–Crippen LogP) is 4.78. The first-order chi connectivity index (χ1) is 23.8. The number of anilines is 3. The van der Waals surface area contributed by atoms with Gasteiger partial charge in [-0.05, 0) is 79.8 Å². The number of imidazole rings is 1. The Morgan fingerprint density at radius 3 is 2.56 bits per heavy atom. The summed E-state index contributed by atoms with van der Waals surface area (Å²) in [6.07, 6.45) is 8.09. The van der Waals surface area contributed by atoms with Gasteiger partial charge in [-0.2, -0.15) is 14.7 Å². The monoisotopic (exact) mass is 693 g/mol. The second-order valence-electron chi connectivity index (χ2n) is 12.8. The fourth-order valence-corrected chi connectivity index (χ4v) is 6.57. The van der Waals surface area contributed by atoms with E-state index in [2.05, 4.69) is 48.6 Å². The molecule has 4 heterocycles. The molecular formula is C36H36FN9O3S. The summed E-state index contributed by atoms with van der Waals surface area (Å²) in [5.41, 5.74) is 4.76. The second kappa shape index (κ2) is 13.8. The van der Waals surface area contributed by atoms with Crippen LogP contribution in [-0.4, -0.2) is 75.5 Å². The lowest BCUT2D eigenvalue weighted by molar-refractivity contribution is 0.102. The van der Waals surface area contributed by atoms with Gasteiger partial charge in [0.05, 0.1) is 47.1 Å². The Balaban J connectivity index is 1.24. The lowest BCUT2D eigenvalue weighted by Gasteiger charge is -2.33. The number of hydrogen-bond acceptors (Lipinski definition) is 8. The smallest absolute Gasteiger partial charge is 0.258 e. The number of aromatic nitrogens is 4. The van der Waals surface area contributed by atoms with Gasteiger partial charge in [0, 0.05) is 56.4 Å². The van der Waals surface area contributed by atoms with E-state index < -0.39 is 27.2 Å². The molecule has 0 spiro atoms. The van der Waals surface area contributed by atoms with Gasteiger partial charge in [0.2, 0.25) is 10.0 Å². The summed E-state index contributed by atoms with van der Waals surface area (Å²) in [4.78, 5) is 20.2. The summed E-state index contributed by atoms with van der Waals surface area (Å²) >= 11 is 0. The maximum absolute atomic E-state index is 15.3. The van der Waals surface area contributed by atoms with Gasteiger partial charge in [0.1, 0.15) is 11.5 Å². The number of rotatable bonds is 8. The molecule has 256 valence electrons. The predicted molar refractivity (Wildman–Crippen MR) is 189 cm³/mol. The molecule has 0 atom stereocenters. The molecule has 14 heteroatoms. The zero-order valence-electron chi connectivity index (χ0n) is 28.1. The second-order valence-corrected chi connectivity index (χ2v) is 14.8. The van der Waals surface area contributed by atoms with Crippen LogP contribution >= 0.6 is 0 Å². The molecule has 0 aliphatic carbocycles. The van der Waals surface area contributed by atoms with Crippen molar-refractivity contribution in [2.75, 3.05) is 43.1 Å². The number of aromatic amines is 1. The van der Waals surface area contributed by atoms with Crippen LogP contribution in [0.1, 0.15) is 52.2 Å². The number of pyridine rings is 1. The van der Waals surface area contributed by atoms with Crippen molar-refractivity contribution < 1.29 is 17.6 Å². The summed E-state index contributed by atoms with van der Waals surface area (Å²) in [5, 5.41) is 22.7. The van der Waals surface area contributed by atoms with Crippen LogP contribution in [0.15, 0.2) is 67.3 Å². The Morgan fingerprint density at radius 2 is 1.86 bits per heavy atom. The van der Waals surface area contributed by atoms with E-state index in [9.17, 15) is 18.5 Å². The van der Waals surface area contributed by atoms with E-state index in [1.807, 2.05) is 28.8 Å².